The van der Waals surface area contributed by atoms with Crippen molar-refractivity contribution in [3.63, 3.8) is 0 Å². The molecule has 0 saturated carbocycles. The van der Waals surface area contributed by atoms with Crippen LogP contribution in [0.2, 0.25) is 0 Å². The molecule has 0 spiro atoms. The van der Waals surface area contributed by atoms with Crippen molar-refractivity contribution in [2.45, 2.75) is 43.2 Å². The van der Waals surface area contributed by atoms with E-state index in [-0.39, 0.29) is 22.7 Å². The number of benzene rings is 1. The molecule has 4 nitrogen and oxygen atoms in total. The van der Waals surface area contributed by atoms with Crippen molar-refractivity contribution in [2.75, 3.05) is 18.1 Å². The number of amides is 2. The number of urea groups is 1. The predicted octanol–water partition coefficient (Wildman–Crippen LogP) is 3.45. The summed E-state index contributed by atoms with van der Waals surface area (Å²) in [4.78, 5) is 13.8. The lowest BCUT2D eigenvalue weighted by Gasteiger charge is -2.26. The average molecular weight is 330 g/mol. The van der Waals surface area contributed by atoms with E-state index in [1.165, 1.54) is 0 Å². The van der Waals surface area contributed by atoms with Crippen LogP contribution in [0.25, 0.3) is 0 Å². The van der Waals surface area contributed by atoms with Gasteiger partial charge in [-0.15, -0.1) is 11.8 Å². The van der Waals surface area contributed by atoms with Gasteiger partial charge in [0.1, 0.15) is 11.6 Å². The number of likely N-dealkylation sites (tertiary alicyclic amines) is 1. The molecule has 2 N–H and O–H groups in total. The number of aliphatic hydroxyl groups excluding tert-OH is 1. The van der Waals surface area contributed by atoms with Crippen LogP contribution in [0.4, 0.5) is 19.3 Å². The zero-order chi connectivity index (χ0) is 16.3. The third kappa shape index (κ3) is 3.89. The third-order valence-electron chi connectivity index (χ3n) is 3.70. The fraction of sp³-hybridized carbons (Fsp3) is 0.533. The number of nitrogens with one attached hydrogen (secondary N) is 1. The number of halogens is 2. The predicted molar refractivity (Wildman–Crippen MR) is 83.2 cm³/mol. The van der Waals surface area contributed by atoms with E-state index in [2.05, 4.69) is 5.32 Å². The summed E-state index contributed by atoms with van der Waals surface area (Å²) in [5.41, 5.74) is 0.0977. The van der Waals surface area contributed by atoms with Crippen LogP contribution in [0.15, 0.2) is 17.0 Å². The molecule has 1 heterocycles. The summed E-state index contributed by atoms with van der Waals surface area (Å²) in [6, 6.07) is 1.80. The molecule has 0 aliphatic carbocycles. The first-order chi connectivity index (χ1) is 10.4. The number of thioether (sulfide) groups is 1. The highest BCUT2D eigenvalue weighted by atomic mass is 32.2. The monoisotopic (exact) mass is 330 g/mol. The number of rotatable bonds is 4. The lowest BCUT2D eigenvalue weighted by Crippen LogP contribution is -2.40. The molecular formula is C15H20F2N2O2S. The molecule has 0 unspecified atom stereocenters. The van der Waals surface area contributed by atoms with Gasteiger partial charge in [0, 0.05) is 18.3 Å². The summed E-state index contributed by atoms with van der Waals surface area (Å²) < 4.78 is 27.5. The van der Waals surface area contributed by atoms with Gasteiger partial charge in [-0.1, -0.05) is 0 Å². The molecule has 1 aliphatic rings. The summed E-state index contributed by atoms with van der Waals surface area (Å²) in [5, 5.41) is 12.0. The standard InChI is InChI=1S/C15H20F2N2O2S/c1-9(20)6-11-4-3-5-19(11)15(21)18-10-7-12(16)14(22-2)13(17)8-10/h7-9,11,20H,3-6H2,1-2H3,(H,18,21)/t9-,11+/m1/s1. The smallest absolute Gasteiger partial charge is 0.322 e. The normalized spacial score (nSPS) is 19.3. The number of anilines is 1. The van der Waals surface area contributed by atoms with E-state index in [0.29, 0.717) is 13.0 Å². The Bertz CT molecular complexity index is 531. The minimum absolute atomic E-state index is 0.0415. The summed E-state index contributed by atoms with van der Waals surface area (Å²) in [5.74, 6) is -1.38. The Labute approximate surface area is 132 Å². The first kappa shape index (κ1) is 17.0. The third-order valence-corrected chi connectivity index (χ3v) is 4.50. The highest BCUT2D eigenvalue weighted by molar-refractivity contribution is 7.98. The number of aliphatic hydroxyl groups is 1. The molecule has 1 aliphatic heterocycles. The molecule has 122 valence electrons. The summed E-state index contributed by atoms with van der Waals surface area (Å²) in [7, 11) is 0. The van der Waals surface area contributed by atoms with Gasteiger partial charge in [0.15, 0.2) is 0 Å². The van der Waals surface area contributed by atoms with Crippen molar-refractivity contribution in [2.24, 2.45) is 0 Å². The van der Waals surface area contributed by atoms with Gasteiger partial charge in [0.2, 0.25) is 0 Å². The highest BCUT2D eigenvalue weighted by Gasteiger charge is 2.29. The Hall–Kier alpha value is -1.34. The molecule has 1 aromatic carbocycles. The molecule has 2 atom stereocenters. The Balaban J connectivity index is 2.08. The van der Waals surface area contributed by atoms with Crippen LogP contribution in [0.3, 0.4) is 0 Å². The maximum atomic E-state index is 13.7. The molecule has 0 bridgehead atoms. The van der Waals surface area contributed by atoms with Crippen molar-refractivity contribution in [3.8, 4) is 0 Å². The molecule has 7 heteroatoms. The van der Waals surface area contributed by atoms with E-state index in [0.717, 1.165) is 36.7 Å². The molecule has 1 saturated heterocycles. The van der Waals surface area contributed by atoms with E-state index >= 15 is 0 Å². The van der Waals surface area contributed by atoms with Crippen LogP contribution in [-0.4, -0.2) is 41.0 Å². The maximum Gasteiger partial charge on any atom is 0.322 e. The van der Waals surface area contributed by atoms with Gasteiger partial charge in [-0.25, -0.2) is 13.6 Å². The Morgan fingerprint density at radius 1 is 1.50 bits per heavy atom. The van der Waals surface area contributed by atoms with E-state index in [1.54, 1.807) is 18.1 Å². The zero-order valence-electron chi connectivity index (χ0n) is 12.6. The van der Waals surface area contributed by atoms with E-state index in [4.69, 9.17) is 0 Å². The molecule has 0 radical (unpaired) electrons. The van der Waals surface area contributed by atoms with E-state index < -0.39 is 17.7 Å². The molecule has 1 aromatic rings. The van der Waals surface area contributed by atoms with Crippen molar-refractivity contribution in [3.05, 3.63) is 23.8 Å². The first-order valence-corrected chi connectivity index (χ1v) is 8.43. The van der Waals surface area contributed by atoms with Crippen molar-refractivity contribution >= 4 is 23.5 Å². The maximum absolute atomic E-state index is 13.7. The van der Waals surface area contributed by atoms with Gasteiger partial charge < -0.3 is 15.3 Å². The number of carbonyl (C=O) groups excluding carboxylic acids is 1. The van der Waals surface area contributed by atoms with Crippen molar-refractivity contribution in [1.82, 2.24) is 4.90 Å². The van der Waals surface area contributed by atoms with Gasteiger partial charge in [0.25, 0.3) is 0 Å². The second-order valence-corrected chi connectivity index (χ2v) is 6.29. The number of nitrogens with zero attached hydrogens (tertiary/aromatic N) is 1. The first-order valence-electron chi connectivity index (χ1n) is 7.21. The van der Waals surface area contributed by atoms with Gasteiger partial charge in [-0.2, -0.15) is 0 Å². The van der Waals surface area contributed by atoms with E-state index in [1.807, 2.05) is 0 Å². The van der Waals surface area contributed by atoms with Crippen LogP contribution < -0.4 is 5.32 Å². The number of carbonyl (C=O) groups is 1. The molecule has 2 rings (SSSR count). The second kappa shape index (κ2) is 7.28. The second-order valence-electron chi connectivity index (χ2n) is 5.48. The van der Waals surface area contributed by atoms with E-state index in [9.17, 15) is 18.7 Å². The molecule has 22 heavy (non-hydrogen) atoms. The summed E-state index contributed by atoms with van der Waals surface area (Å²) >= 11 is 0.981. The Kier molecular flexibility index (Phi) is 5.63. The Morgan fingerprint density at radius 2 is 2.14 bits per heavy atom. The van der Waals surface area contributed by atoms with Crippen molar-refractivity contribution < 1.29 is 18.7 Å². The number of hydrogen-bond acceptors (Lipinski definition) is 3. The van der Waals surface area contributed by atoms with Gasteiger partial charge in [0.05, 0.1) is 11.0 Å². The lowest BCUT2D eigenvalue weighted by atomic mass is 10.1. The van der Waals surface area contributed by atoms with Gasteiger partial charge >= 0.3 is 6.03 Å². The van der Waals surface area contributed by atoms with Crippen LogP contribution >= 0.6 is 11.8 Å². The van der Waals surface area contributed by atoms with Crippen LogP contribution in [0, 0.1) is 11.6 Å². The number of hydrogen-bond donors (Lipinski definition) is 2. The molecule has 0 aromatic heterocycles. The fourth-order valence-corrected chi connectivity index (χ4v) is 3.27. The van der Waals surface area contributed by atoms with Crippen molar-refractivity contribution in [1.29, 1.82) is 0 Å². The Morgan fingerprint density at radius 3 is 2.68 bits per heavy atom. The molecule has 2 amide bonds. The molecular weight excluding hydrogens is 310 g/mol. The fourth-order valence-electron chi connectivity index (χ4n) is 2.76. The van der Waals surface area contributed by atoms with Gasteiger partial charge in [-0.3, -0.25) is 0 Å². The quantitative estimate of drug-likeness (QED) is 0.832. The largest absolute Gasteiger partial charge is 0.393 e. The zero-order valence-corrected chi connectivity index (χ0v) is 13.4. The highest BCUT2D eigenvalue weighted by Crippen LogP contribution is 2.27. The average Bonchev–Trinajstić information content (AvgIpc) is 2.85. The summed E-state index contributed by atoms with van der Waals surface area (Å²) in [6.45, 7) is 2.26. The lowest BCUT2D eigenvalue weighted by molar-refractivity contribution is 0.142. The minimum atomic E-state index is -0.690. The van der Waals surface area contributed by atoms with Crippen LogP contribution in [0.1, 0.15) is 26.2 Å². The minimum Gasteiger partial charge on any atom is -0.393 e. The summed E-state index contributed by atoms with van der Waals surface area (Å²) in [6.07, 6.45) is 3.28. The topological polar surface area (TPSA) is 52.6 Å². The van der Waals surface area contributed by atoms with Crippen LogP contribution in [-0.2, 0) is 0 Å². The molecule has 1 fully saturated rings. The van der Waals surface area contributed by atoms with Crippen LogP contribution in [0.5, 0.6) is 0 Å². The SMILES string of the molecule is CSc1c(F)cc(NC(=O)N2CCC[C@H]2C[C@@H](C)O)cc1F. The van der Waals surface area contributed by atoms with Gasteiger partial charge in [-0.05, 0) is 44.6 Å².